The zero-order chi connectivity index (χ0) is 20.2. The molecule has 1 heterocycles. The fourth-order valence-corrected chi connectivity index (χ4v) is 2.96. The van der Waals surface area contributed by atoms with Crippen molar-refractivity contribution in [3.8, 4) is 11.4 Å². The van der Waals surface area contributed by atoms with Gasteiger partial charge in [-0.05, 0) is 60.2 Å². The van der Waals surface area contributed by atoms with Gasteiger partial charge < -0.3 is 10.1 Å². The monoisotopic (exact) mass is 404 g/mol. The van der Waals surface area contributed by atoms with Crippen molar-refractivity contribution in [1.82, 2.24) is 15.0 Å². The molecular weight excluding hydrogens is 388 g/mol. The lowest BCUT2D eigenvalue weighted by atomic mass is 10.2. The van der Waals surface area contributed by atoms with Crippen LogP contribution in [0.15, 0.2) is 72.8 Å². The van der Waals surface area contributed by atoms with Gasteiger partial charge in [-0.15, -0.1) is 10.2 Å². The van der Waals surface area contributed by atoms with Crippen LogP contribution < -0.4 is 10.1 Å². The highest BCUT2D eigenvalue weighted by atomic mass is 35.5. The van der Waals surface area contributed by atoms with Crippen molar-refractivity contribution in [1.29, 1.82) is 0 Å². The molecule has 4 aromatic rings. The summed E-state index contributed by atoms with van der Waals surface area (Å²) in [6, 6.07) is 20.1. The molecule has 1 aromatic heterocycles. The van der Waals surface area contributed by atoms with Crippen molar-refractivity contribution in [2.24, 2.45) is 0 Å². The van der Waals surface area contributed by atoms with Crippen molar-refractivity contribution >= 4 is 40.3 Å². The van der Waals surface area contributed by atoms with E-state index in [0.29, 0.717) is 16.2 Å². The molecule has 144 valence electrons. The van der Waals surface area contributed by atoms with Gasteiger partial charge in [-0.3, -0.25) is 4.79 Å². The normalized spacial score (nSPS) is 11.1. The number of fused-ring (bicyclic) bond motifs is 1. The summed E-state index contributed by atoms with van der Waals surface area (Å²) in [5, 5.41) is 12.4. The number of carbonyl (C=O) groups is 1. The van der Waals surface area contributed by atoms with Crippen LogP contribution in [0, 0.1) is 0 Å². The van der Waals surface area contributed by atoms with Gasteiger partial charge in [0.25, 0.3) is 0 Å². The van der Waals surface area contributed by atoms with Crippen LogP contribution in [0.25, 0.3) is 22.8 Å². The highest BCUT2D eigenvalue weighted by Crippen LogP contribution is 2.19. The Morgan fingerprint density at radius 3 is 2.59 bits per heavy atom. The maximum atomic E-state index is 12.2. The summed E-state index contributed by atoms with van der Waals surface area (Å²) in [7, 11) is 1.61. The van der Waals surface area contributed by atoms with Gasteiger partial charge in [-0.25, -0.2) is 0 Å². The summed E-state index contributed by atoms with van der Waals surface area (Å²) in [6.07, 6.45) is 3.22. The minimum atomic E-state index is -0.234. The molecule has 0 spiro atoms. The van der Waals surface area contributed by atoms with Gasteiger partial charge in [0.15, 0.2) is 0 Å². The molecule has 0 atom stereocenters. The van der Waals surface area contributed by atoms with E-state index >= 15 is 0 Å². The smallest absolute Gasteiger partial charge is 0.248 e. The number of hydrogen-bond acceptors (Lipinski definition) is 4. The second-order valence-corrected chi connectivity index (χ2v) is 6.70. The number of halogens is 1. The van der Waals surface area contributed by atoms with Crippen LogP contribution in [0.1, 0.15) is 5.56 Å². The number of nitrogens with zero attached hydrogens (tertiary/aromatic N) is 3. The molecule has 0 aliphatic rings. The first-order chi connectivity index (χ1) is 14.1. The lowest BCUT2D eigenvalue weighted by Crippen LogP contribution is -2.07. The van der Waals surface area contributed by atoms with Crippen molar-refractivity contribution in [2.75, 3.05) is 12.4 Å². The highest BCUT2D eigenvalue weighted by Gasteiger charge is 2.07. The molecule has 0 aliphatic carbocycles. The fourth-order valence-electron chi connectivity index (χ4n) is 2.78. The topological polar surface area (TPSA) is 69.0 Å². The number of hydrogen-bond donors (Lipinski definition) is 1. The van der Waals surface area contributed by atoms with E-state index in [1.54, 1.807) is 37.5 Å². The van der Waals surface area contributed by atoms with Crippen molar-refractivity contribution in [3.05, 3.63) is 83.4 Å². The molecule has 29 heavy (non-hydrogen) atoms. The summed E-state index contributed by atoms with van der Waals surface area (Å²) < 4.78 is 5.12. The zero-order valence-corrected chi connectivity index (χ0v) is 16.3. The van der Waals surface area contributed by atoms with E-state index in [1.807, 2.05) is 42.5 Å². The number of nitrogens with one attached hydrogen (secondary N) is 1. The third kappa shape index (κ3) is 4.44. The number of anilines is 1. The molecule has 0 fully saturated rings. The molecule has 0 radical (unpaired) electrons. The predicted octanol–water partition coefficient (Wildman–Crippen LogP) is 4.73. The molecule has 3 aromatic carbocycles. The first-order valence-electron chi connectivity index (χ1n) is 8.87. The van der Waals surface area contributed by atoms with E-state index < -0.39 is 0 Å². The van der Waals surface area contributed by atoms with Crippen LogP contribution in [0.3, 0.4) is 0 Å². The molecule has 4 rings (SSSR count). The van der Waals surface area contributed by atoms with E-state index in [4.69, 9.17) is 16.3 Å². The van der Waals surface area contributed by atoms with Crippen molar-refractivity contribution < 1.29 is 9.53 Å². The van der Waals surface area contributed by atoms with Gasteiger partial charge in [0.05, 0.1) is 12.8 Å². The van der Waals surface area contributed by atoms with Gasteiger partial charge in [0.1, 0.15) is 16.8 Å². The van der Waals surface area contributed by atoms with Crippen LogP contribution >= 0.6 is 11.6 Å². The number of amides is 1. The lowest BCUT2D eigenvalue weighted by molar-refractivity contribution is -0.111. The van der Waals surface area contributed by atoms with E-state index in [2.05, 4.69) is 15.5 Å². The van der Waals surface area contributed by atoms with E-state index in [0.717, 1.165) is 22.5 Å². The molecular formula is C22H17ClN4O2. The number of aromatic nitrogens is 3. The molecule has 0 bridgehead atoms. The fraction of sp³-hybridized carbons (Fsp3) is 0.0455. The second kappa shape index (κ2) is 8.16. The van der Waals surface area contributed by atoms with Gasteiger partial charge in [-0.1, -0.05) is 29.8 Å². The second-order valence-electron chi connectivity index (χ2n) is 6.27. The highest BCUT2D eigenvalue weighted by molar-refractivity contribution is 6.30. The van der Waals surface area contributed by atoms with Crippen LogP contribution in [0.4, 0.5) is 5.69 Å². The Balaban J connectivity index is 1.49. The average Bonchev–Trinajstić information content (AvgIpc) is 3.16. The first-order valence-corrected chi connectivity index (χ1v) is 9.25. The predicted molar refractivity (Wildman–Crippen MR) is 115 cm³/mol. The number of benzene rings is 3. The Kier molecular flexibility index (Phi) is 5.27. The molecule has 1 N–H and O–H groups in total. The molecule has 7 heteroatoms. The number of methoxy groups -OCH3 is 1. The Hall–Kier alpha value is -3.64. The third-order valence-electron chi connectivity index (χ3n) is 4.23. The first kappa shape index (κ1) is 18.7. The number of rotatable bonds is 5. The molecule has 1 amide bonds. The van der Waals surface area contributed by atoms with Gasteiger partial charge in [0.2, 0.25) is 5.91 Å². The average molecular weight is 405 g/mol. The zero-order valence-electron chi connectivity index (χ0n) is 15.5. The SMILES string of the molecule is COc1ccc(C=CC(=O)Nc2ccc3nn(-c4cccc(Cl)c4)nc3c2)cc1. The summed E-state index contributed by atoms with van der Waals surface area (Å²) in [6.45, 7) is 0. The Morgan fingerprint density at radius 1 is 1.03 bits per heavy atom. The Morgan fingerprint density at radius 2 is 1.83 bits per heavy atom. The molecule has 6 nitrogen and oxygen atoms in total. The van der Waals surface area contributed by atoms with Crippen LogP contribution in [0.2, 0.25) is 5.02 Å². The Bertz CT molecular complexity index is 1200. The van der Waals surface area contributed by atoms with Crippen LogP contribution in [-0.2, 0) is 4.79 Å². The molecule has 0 aliphatic heterocycles. The minimum absolute atomic E-state index is 0.234. The maximum absolute atomic E-state index is 12.2. The quantitative estimate of drug-likeness (QED) is 0.488. The molecule has 0 saturated heterocycles. The molecule has 0 unspecified atom stereocenters. The molecule has 0 saturated carbocycles. The largest absolute Gasteiger partial charge is 0.497 e. The van der Waals surface area contributed by atoms with E-state index in [9.17, 15) is 4.79 Å². The van der Waals surface area contributed by atoms with Crippen molar-refractivity contribution in [2.45, 2.75) is 0 Å². The third-order valence-corrected chi connectivity index (χ3v) is 4.47. The lowest BCUT2D eigenvalue weighted by Gasteiger charge is -2.02. The maximum Gasteiger partial charge on any atom is 0.248 e. The number of ether oxygens (including phenoxy) is 1. The van der Waals surface area contributed by atoms with Gasteiger partial charge in [0, 0.05) is 16.8 Å². The van der Waals surface area contributed by atoms with Crippen LogP contribution in [-0.4, -0.2) is 28.0 Å². The summed E-state index contributed by atoms with van der Waals surface area (Å²) in [4.78, 5) is 13.8. The summed E-state index contributed by atoms with van der Waals surface area (Å²) >= 11 is 6.04. The van der Waals surface area contributed by atoms with Gasteiger partial charge >= 0.3 is 0 Å². The standard InChI is InChI=1S/C22H17ClN4O2/c1-29-19-9-5-15(6-10-19)7-12-22(28)24-17-8-11-20-21(14-17)26-27(25-20)18-4-2-3-16(23)13-18/h2-14H,1H3,(H,24,28). The number of carbonyl (C=O) groups excluding carboxylic acids is 1. The summed E-state index contributed by atoms with van der Waals surface area (Å²) in [5.74, 6) is 0.535. The Labute approximate surface area is 172 Å². The van der Waals surface area contributed by atoms with Crippen LogP contribution in [0.5, 0.6) is 5.75 Å². The minimum Gasteiger partial charge on any atom is -0.497 e. The van der Waals surface area contributed by atoms with E-state index in [-0.39, 0.29) is 5.91 Å². The summed E-state index contributed by atoms with van der Waals surface area (Å²) in [5.41, 5.74) is 3.70. The van der Waals surface area contributed by atoms with Crippen molar-refractivity contribution in [3.63, 3.8) is 0 Å². The van der Waals surface area contributed by atoms with Gasteiger partial charge in [-0.2, -0.15) is 4.80 Å². The van der Waals surface area contributed by atoms with E-state index in [1.165, 1.54) is 10.9 Å².